The monoisotopic (exact) mass is 228 g/mol. The highest BCUT2D eigenvalue weighted by Gasteiger charge is 2.27. The van der Waals surface area contributed by atoms with Gasteiger partial charge in [0.05, 0.1) is 0 Å². The van der Waals surface area contributed by atoms with E-state index in [1.54, 1.807) is 0 Å². The van der Waals surface area contributed by atoms with E-state index in [1.807, 2.05) is 0 Å². The van der Waals surface area contributed by atoms with Crippen LogP contribution in [0.4, 0.5) is 0 Å². The lowest BCUT2D eigenvalue weighted by Gasteiger charge is -2.29. The van der Waals surface area contributed by atoms with Crippen molar-refractivity contribution in [2.75, 3.05) is 0 Å². The van der Waals surface area contributed by atoms with Gasteiger partial charge >= 0.3 is 0 Å². The van der Waals surface area contributed by atoms with Gasteiger partial charge in [-0.15, -0.1) is 0 Å². The Morgan fingerprint density at radius 3 is 1.53 bits per heavy atom. The van der Waals surface area contributed by atoms with E-state index in [-0.39, 0.29) is 0 Å². The minimum Gasteiger partial charge on any atom is -0.0773 e. The third kappa shape index (κ3) is 3.00. The summed E-state index contributed by atoms with van der Waals surface area (Å²) < 4.78 is 0. The summed E-state index contributed by atoms with van der Waals surface area (Å²) in [6, 6.07) is 0. The highest BCUT2D eigenvalue weighted by atomic mass is 14.3. The first kappa shape index (κ1) is 12.4. The molecule has 0 bridgehead atoms. The molecule has 0 aliphatic heterocycles. The van der Waals surface area contributed by atoms with Crippen LogP contribution in [0.3, 0.4) is 0 Å². The van der Waals surface area contributed by atoms with Crippen molar-refractivity contribution in [1.82, 2.24) is 0 Å². The number of allylic oxidation sites excluding steroid dienone is 8. The van der Waals surface area contributed by atoms with Gasteiger partial charge in [-0.2, -0.15) is 0 Å². The summed E-state index contributed by atoms with van der Waals surface area (Å²) in [5, 5.41) is 0. The summed E-state index contributed by atoms with van der Waals surface area (Å²) in [7, 11) is 0. The molecule has 0 saturated heterocycles. The molecular formula is C17H24. The molecule has 0 saturated carbocycles. The molecule has 0 radical (unpaired) electrons. The average Bonchev–Trinajstić information content (AvgIpc) is 2.98. The van der Waals surface area contributed by atoms with Crippen molar-refractivity contribution in [2.45, 2.75) is 27.2 Å². The van der Waals surface area contributed by atoms with Crippen LogP contribution in [0.2, 0.25) is 0 Å². The molecule has 2 aliphatic carbocycles. The molecule has 0 fully saturated rings. The Hall–Kier alpha value is -1.04. The molecule has 92 valence electrons. The van der Waals surface area contributed by atoms with E-state index < -0.39 is 0 Å². The fourth-order valence-corrected chi connectivity index (χ4v) is 2.74. The van der Waals surface area contributed by atoms with Gasteiger partial charge in [0.1, 0.15) is 0 Å². The molecule has 2 rings (SSSR count). The minimum atomic E-state index is 0.633. The molecular weight excluding hydrogens is 204 g/mol. The Balaban J connectivity index is 2.07. The second kappa shape index (κ2) is 5.53. The SMILES string of the molecule is CC(C)C(C)CC(C1C=CC=C1)C1C=CC=C1. The first-order valence-corrected chi connectivity index (χ1v) is 6.88. The van der Waals surface area contributed by atoms with E-state index in [0.717, 1.165) is 17.8 Å². The molecule has 0 aromatic rings. The second-order valence-electron chi connectivity index (χ2n) is 5.82. The predicted molar refractivity (Wildman–Crippen MR) is 75.6 cm³/mol. The zero-order valence-electron chi connectivity index (χ0n) is 11.2. The van der Waals surface area contributed by atoms with Gasteiger partial charge in [0, 0.05) is 0 Å². The number of rotatable bonds is 5. The zero-order valence-corrected chi connectivity index (χ0v) is 11.2. The van der Waals surface area contributed by atoms with Crippen LogP contribution in [0.5, 0.6) is 0 Å². The zero-order chi connectivity index (χ0) is 12.3. The third-order valence-corrected chi connectivity index (χ3v) is 4.33. The molecule has 0 aromatic heterocycles. The van der Waals surface area contributed by atoms with Crippen LogP contribution in [0.1, 0.15) is 27.2 Å². The molecule has 17 heavy (non-hydrogen) atoms. The maximum absolute atomic E-state index is 2.39. The summed E-state index contributed by atoms with van der Waals surface area (Å²) in [5.41, 5.74) is 0. The molecule has 0 heterocycles. The van der Waals surface area contributed by atoms with Crippen LogP contribution in [-0.2, 0) is 0 Å². The molecule has 0 heteroatoms. The van der Waals surface area contributed by atoms with Crippen LogP contribution in [0.25, 0.3) is 0 Å². The fraction of sp³-hybridized carbons (Fsp3) is 0.529. The van der Waals surface area contributed by atoms with E-state index in [2.05, 4.69) is 69.4 Å². The topological polar surface area (TPSA) is 0 Å². The van der Waals surface area contributed by atoms with Crippen LogP contribution in [0.15, 0.2) is 48.6 Å². The summed E-state index contributed by atoms with van der Waals surface area (Å²) in [4.78, 5) is 0. The molecule has 0 amide bonds. The van der Waals surface area contributed by atoms with Gasteiger partial charge in [0.15, 0.2) is 0 Å². The van der Waals surface area contributed by atoms with Crippen molar-refractivity contribution < 1.29 is 0 Å². The Morgan fingerprint density at radius 1 is 0.765 bits per heavy atom. The lowest BCUT2D eigenvalue weighted by Crippen LogP contribution is -2.22. The minimum absolute atomic E-state index is 0.633. The van der Waals surface area contributed by atoms with Crippen LogP contribution < -0.4 is 0 Å². The quantitative estimate of drug-likeness (QED) is 0.636. The van der Waals surface area contributed by atoms with E-state index in [0.29, 0.717) is 11.8 Å². The van der Waals surface area contributed by atoms with Gasteiger partial charge in [-0.3, -0.25) is 0 Å². The summed E-state index contributed by atoms with van der Waals surface area (Å²) in [6.45, 7) is 7.06. The molecule has 1 unspecified atom stereocenters. The second-order valence-corrected chi connectivity index (χ2v) is 5.82. The highest BCUT2D eigenvalue weighted by Crippen LogP contribution is 2.36. The normalized spacial score (nSPS) is 21.5. The lowest BCUT2D eigenvalue weighted by molar-refractivity contribution is 0.267. The van der Waals surface area contributed by atoms with E-state index in [4.69, 9.17) is 0 Å². The van der Waals surface area contributed by atoms with Gasteiger partial charge in [-0.05, 0) is 36.0 Å². The molecule has 0 N–H and O–H groups in total. The third-order valence-electron chi connectivity index (χ3n) is 4.33. The maximum atomic E-state index is 2.39. The van der Waals surface area contributed by atoms with Gasteiger partial charge in [-0.1, -0.05) is 69.4 Å². The molecule has 2 aliphatic rings. The van der Waals surface area contributed by atoms with Crippen LogP contribution in [0, 0.1) is 29.6 Å². The Morgan fingerprint density at radius 2 is 1.18 bits per heavy atom. The summed E-state index contributed by atoms with van der Waals surface area (Å²) >= 11 is 0. The van der Waals surface area contributed by atoms with Crippen molar-refractivity contribution in [3.63, 3.8) is 0 Å². The Kier molecular flexibility index (Phi) is 4.04. The van der Waals surface area contributed by atoms with Crippen molar-refractivity contribution in [3.05, 3.63) is 48.6 Å². The molecule has 0 spiro atoms. The van der Waals surface area contributed by atoms with Crippen LogP contribution in [-0.4, -0.2) is 0 Å². The van der Waals surface area contributed by atoms with Gasteiger partial charge < -0.3 is 0 Å². The van der Waals surface area contributed by atoms with Gasteiger partial charge in [0.2, 0.25) is 0 Å². The molecule has 0 nitrogen and oxygen atoms in total. The first-order valence-electron chi connectivity index (χ1n) is 6.88. The first-order chi connectivity index (χ1) is 8.18. The van der Waals surface area contributed by atoms with E-state index in [9.17, 15) is 0 Å². The highest BCUT2D eigenvalue weighted by molar-refractivity contribution is 5.24. The number of hydrogen-bond donors (Lipinski definition) is 0. The lowest BCUT2D eigenvalue weighted by atomic mass is 9.75. The Bertz CT molecular complexity index is 302. The average molecular weight is 228 g/mol. The van der Waals surface area contributed by atoms with E-state index in [1.165, 1.54) is 6.42 Å². The van der Waals surface area contributed by atoms with Gasteiger partial charge in [0.25, 0.3) is 0 Å². The predicted octanol–water partition coefficient (Wildman–Crippen LogP) is 4.77. The molecule has 1 atom stereocenters. The van der Waals surface area contributed by atoms with Crippen molar-refractivity contribution in [3.8, 4) is 0 Å². The van der Waals surface area contributed by atoms with Gasteiger partial charge in [-0.25, -0.2) is 0 Å². The maximum Gasteiger partial charge on any atom is -0.00102 e. The Labute approximate surface area is 106 Å². The van der Waals surface area contributed by atoms with Crippen LogP contribution >= 0.6 is 0 Å². The van der Waals surface area contributed by atoms with Crippen molar-refractivity contribution in [1.29, 1.82) is 0 Å². The largest absolute Gasteiger partial charge is 0.0773 e. The summed E-state index contributed by atoms with van der Waals surface area (Å²) in [6.07, 6.45) is 19.5. The van der Waals surface area contributed by atoms with E-state index >= 15 is 0 Å². The summed E-state index contributed by atoms with van der Waals surface area (Å²) in [5.74, 6) is 3.57. The molecule has 0 aromatic carbocycles. The fourth-order valence-electron chi connectivity index (χ4n) is 2.74. The standard InChI is InChI=1S/C17H24/c1-13(2)14(3)12-17(15-8-4-5-9-15)16-10-6-7-11-16/h4-11,13-17H,12H2,1-3H3. The van der Waals surface area contributed by atoms with Crippen molar-refractivity contribution >= 4 is 0 Å². The smallest absolute Gasteiger partial charge is 0.00102 e. The van der Waals surface area contributed by atoms with Crippen molar-refractivity contribution in [2.24, 2.45) is 29.6 Å². The number of hydrogen-bond acceptors (Lipinski definition) is 0.